The summed E-state index contributed by atoms with van der Waals surface area (Å²) in [6.45, 7) is 2.01. The molecule has 23 heavy (non-hydrogen) atoms. The predicted octanol–water partition coefficient (Wildman–Crippen LogP) is 2.50. The van der Waals surface area contributed by atoms with Crippen molar-refractivity contribution >= 4 is 17.2 Å². The summed E-state index contributed by atoms with van der Waals surface area (Å²) in [6.07, 6.45) is 1.86. The topological polar surface area (TPSA) is 50.8 Å². The van der Waals surface area contributed by atoms with Crippen LogP contribution in [-0.2, 0) is 4.74 Å². The summed E-state index contributed by atoms with van der Waals surface area (Å²) < 4.78 is 34.4. The standard InChI is InChI=1S/C15H22F2N2O3S/c1-10-8-12(22-15(16)17)13(23-10)14(20)18-11-4-3-5-19(9-11)6-7-21-2/h8,11,15H,3-7,9H2,1-2H3,(H,18,20)/t11-/m1/s1. The fourth-order valence-electron chi connectivity index (χ4n) is 2.68. The highest BCUT2D eigenvalue weighted by atomic mass is 32.1. The normalized spacial score (nSPS) is 19.1. The Labute approximate surface area is 138 Å². The molecule has 1 aromatic rings. The van der Waals surface area contributed by atoms with Gasteiger partial charge in [0.05, 0.1) is 6.61 Å². The average molecular weight is 348 g/mol. The van der Waals surface area contributed by atoms with Crippen molar-refractivity contribution in [1.29, 1.82) is 0 Å². The molecule has 1 amide bonds. The molecule has 2 heterocycles. The van der Waals surface area contributed by atoms with E-state index in [0.29, 0.717) is 6.61 Å². The molecule has 1 N–H and O–H groups in total. The van der Waals surface area contributed by atoms with E-state index in [1.807, 2.05) is 0 Å². The van der Waals surface area contributed by atoms with Crippen molar-refractivity contribution in [1.82, 2.24) is 10.2 Å². The van der Waals surface area contributed by atoms with E-state index in [0.717, 1.165) is 48.7 Å². The van der Waals surface area contributed by atoms with Gasteiger partial charge in [-0.2, -0.15) is 8.78 Å². The Balaban J connectivity index is 1.96. The van der Waals surface area contributed by atoms with Crippen LogP contribution in [0.4, 0.5) is 8.78 Å². The maximum atomic E-state index is 12.4. The lowest BCUT2D eigenvalue weighted by Crippen LogP contribution is -2.48. The summed E-state index contributed by atoms with van der Waals surface area (Å²) in [4.78, 5) is 15.6. The number of hydrogen-bond donors (Lipinski definition) is 1. The largest absolute Gasteiger partial charge is 0.433 e. The molecule has 1 aliphatic rings. The smallest absolute Gasteiger partial charge is 0.387 e. The molecule has 0 aliphatic carbocycles. The van der Waals surface area contributed by atoms with Gasteiger partial charge in [0.15, 0.2) is 0 Å². The monoisotopic (exact) mass is 348 g/mol. The predicted molar refractivity (Wildman–Crippen MR) is 84.5 cm³/mol. The van der Waals surface area contributed by atoms with Crippen molar-refractivity contribution in [3.63, 3.8) is 0 Å². The molecule has 0 spiro atoms. The van der Waals surface area contributed by atoms with Gasteiger partial charge in [-0.25, -0.2) is 0 Å². The first-order valence-electron chi connectivity index (χ1n) is 7.57. The summed E-state index contributed by atoms with van der Waals surface area (Å²) in [5.74, 6) is -0.399. The molecular formula is C15H22F2N2O3S. The first-order valence-corrected chi connectivity index (χ1v) is 8.38. The lowest BCUT2D eigenvalue weighted by Gasteiger charge is -2.32. The third-order valence-electron chi connectivity index (χ3n) is 3.70. The number of thiophene rings is 1. The molecule has 130 valence electrons. The van der Waals surface area contributed by atoms with Gasteiger partial charge in [0.25, 0.3) is 5.91 Å². The second-order valence-corrected chi connectivity index (χ2v) is 6.79. The number of rotatable bonds is 7. The zero-order valence-corrected chi connectivity index (χ0v) is 14.1. The van der Waals surface area contributed by atoms with Crippen LogP contribution in [0.25, 0.3) is 0 Å². The van der Waals surface area contributed by atoms with Gasteiger partial charge in [0.1, 0.15) is 10.6 Å². The van der Waals surface area contributed by atoms with E-state index in [1.165, 1.54) is 6.07 Å². The number of nitrogens with zero attached hydrogens (tertiary/aromatic N) is 1. The third kappa shape index (κ3) is 5.40. The molecule has 1 saturated heterocycles. The van der Waals surface area contributed by atoms with Crippen molar-refractivity contribution in [2.24, 2.45) is 0 Å². The molecule has 0 radical (unpaired) electrons. The van der Waals surface area contributed by atoms with Gasteiger partial charge in [-0.1, -0.05) is 0 Å². The molecule has 0 saturated carbocycles. The highest BCUT2D eigenvalue weighted by Crippen LogP contribution is 2.30. The third-order valence-corrected chi connectivity index (χ3v) is 4.73. The molecule has 0 unspecified atom stereocenters. The number of methoxy groups -OCH3 is 1. The summed E-state index contributed by atoms with van der Waals surface area (Å²) in [5.41, 5.74) is 0. The van der Waals surface area contributed by atoms with Gasteiger partial charge in [0, 0.05) is 31.1 Å². The van der Waals surface area contributed by atoms with Crippen molar-refractivity contribution in [3.8, 4) is 5.75 Å². The highest BCUT2D eigenvalue weighted by Gasteiger charge is 2.25. The zero-order valence-electron chi connectivity index (χ0n) is 13.3. The quantitative estimate of drug-likeness (QED) is 0.823. The van der Waals surface area contributed by atoms with Gasteiger partial charge in [-0.3, -0.25) is 9.69 Å². The number of piperidine rings is 1. The average Bonchev–Trinajstić information content (AvgIpc) is 2.85. The van der Waals surface area contributed by atoms with Crippen LogP contribution >= 0.6 is 11.3 Å². The summed E-state index contributed by atoms with van der Waals surface area (Å²) in [7, 11) is 1.66. The van der Waals surface area contributed by atoms with Gasteiger partial charge in [-0.05, 0) is 32.4 Å². The molecule has 5 nitrogen and oxygen atoms in total. The van der Waals surface area contributed by atoms with Crippen LogP contribution < -0.4 is 10.1 Å². The van der Waals surface area contributed by atoms with E-state index in [9.17, 15) is 13.6 Å². The number of alkyl halides is 2. The minimum Gasteiger partial charge on any atom is -0.433 e. The molecule has 8 heteroatoms. The van der Waals surface area contributed by atoms with Crippen molar-refractivity contribution in [2.45, 2.75) is 32.4 Å². The maximum absolute atomic E-state index is 12.4. The maximum Gasteiger partial charge on any atom is 0.387 e. The first kappa shape index (κ1) is 18.1. The van der Waals surface area contributed by atoms with Crippen molar-refractivity contribution in [3.05, 3.63) is 15.8 Å². The van der Waals surface area contributed by atoms with Gasteiger partial charge in [-0.15, -0.1) is 11.3 Å². The van der Waals surface area contributed by atoms with Crippen LogP contribution in [0.15, 0.2) is 6.07 Å². The van der Waals surface area contributed by atoms with Gasteiger partial charge < -0.3 is 14.8 Å². The number of aryl methyl sites for hydroxylation is 1. The second kappa shape index (κ2) is 8.56. The molecule has 0 aromatic carbocycles. The molecule has 1 aromatic heterocycles. The summed E-state index contributed by atoms with van der Waals surface area (Å²) in [5, 5.41) is 2.93. The summed E-state index contributed by atoms with van der Waals surface area (Å²) in [6, 6.07) is 1.48. The lowest BCUT2D eigenvalue weighted by molar-refractivity contribution is -0.0498. The van der Waals surface area contributed by atoms with Crippen molar-refractivity contribution < 1.29 is 23.0 Å². The molecule has 1 atom stereocenters. The number of amides is 1. The Morgan fingerprint density at radius 2 is 2.35 bits per heavy atom. The number of halogens is 2. The summed E-state index contributed by atoms with van der Waals surface area (Å²) >= 11 is 1.16. The van der Waals surface area contributed by atoms with Crippen LogP contribution in [-0.4, -0.2) is 56.8 Å². The van der Waals surface area contributed by atoms with E-state index in [1.54, 1.807) is 14.0 Å². The second-order valence-electron chi connectivity index (χ2n) is 5.53. The Morgan fingerprint density at radius 1 is 1.57 bits per heavy atom. The van der Waals surface area contributed by atoms with E-state index in [2.05, 4.69) is 15.0 Å². The van der Waals surface area contributed by atoms with E-state index in [-0.39, 0.29) is 22.6 Å². The fraction of sp³-hybridized carbons (Fsp3) is 0.667. The number of carbonyl (C=O) groups excluding carboxylic acids is 1. The number of likely N-dealkylation sites (tertiary alicyclic amines) is 1. The minimum atomic E-state index is -2.94. The lowest BCUT2D eigenvalue weighted by atomic mass is 10.1. The number of carbonyl (C=O) groups is 1. The Kier molecular flexibility index (Phi) is 6.73. The Bertz CT molecular complexity index is 525. The van der Waals surface area contributed by atoms with Crippen LogP contribution in [0.2, 0.25) is 0 Å². The first-order chi connectivity index (χ1) is 11.0. The SMILES string of the molecule is COCCN1CCC[C@@H](NC(=O)c2sc(C)cc2OC(F)F)C1. The van der Waals surface area contributed by atoms with Crippen LogP contribution in [0.3, 0.4) is 0 Å². The number of nitrogens with one attached hydrogen (secondary N) is 1. The minimum absolute atomic E-state index is 0.00918. The molecular weight excluding hydrogens is 326 g/mol. The zero-order chi connectivity index (χ0) is 16.8. The van der Waals surface area contributed by atoms with E-state index in [4.69, 9.17) is 4.74 Å². The van der Waals surface area contributed by atoms with E-state index < -0.39 is 6.61 Å². The fourth-order valence-corrected chi connectivity index (χ4v) is 3.53. The molecule has 2 rings (SSSR count). The van der Waals surface area contributed by atoms with Gasteiger partial charge >= 0.3 is 6.61 Å². The van der Waals surface area contributed by atoms with Gasteiger partial charge in [0.2, 0.25) is 0 Å². The van der Waals surface area contributed by atoms with Crippen LogP contribution in [0.5, 0.6) is 5.75 Å². The van der Waals surface area contributed by atoms with Crippen molar-refractivity contribution in [2.75, 3.05) is 33.4 Å². The number of hydrogen-bond acceptors (Lipinski definition) is 5. The Hall–Kier alpha value is -1.25. The Morgan fingerprint density at radius 3 is 3.04 bits per heavy atom. The van der Waals surface area contributed by atoms with Crippen LogP contribution in [0, 0.1) is 6.92 Å². The van der Waals surface area contributed by atoms with E-state index >= 15 is 0 Å². The van der Waals surface area contributed by atoms with Crippen LogP contribution in [0.1, 0.15) is 27.4 Å². The molecule has 1 fully saturated rings. The number of ether oxygens (including phenoxy) is 2. The highest BCUT2D eigenvalue weighted by molar-refractivity contribution is 7.14. The molecule has 1 aliphatic heterocycles. The molecule has 0 bridgehead atoms.